The Bertz CT molecular complexity index is 1280. The molecule has 0 amide bonds. The summed E-state index contributed by atoms with van der Waals surface area (Å²) in [5, 5.41) is 5.40. The Morgan fingerprint density at radius 1 is 0.931 bits per heavy atom. The number of hydrogen-bond acceptors (Lipinski definition) is 4. The summed E-state index contributed by atoms with van der Waals surface area (Å²) in [6.07, 6.45) is 1.19. The molecule has 1 heterocycles. The predicted octanol–water partition coefficient (Wildman–Crippen LogP) is 4.85. The van der Waals surface area contributed by atoms with Crippen LogP contribution in [0.5, 0.6) is 0 Å². The topological polar surface area (TPSA) is 78.0 Å². The third-order valence-corrected chi connectivity index (χ3v) is 5.98. The lowest BCUT2D eigenvalue weighted by Crippen LogP contribution is -2.01. The van der Waals surface area contributed by atoms with Gasteiger partial charge < -0.3 is 5.73 Å². The quantitative estimate of drug-likeness (QED) is 0.476. The molecule has 5 nitrogen and oxygen atoms in total. The van der Waals surface area contributed by atoms with Crippen LogP contribution >= 0.6 is 11.6 Å². The van der Waals surface area contributed by atoms with Gasteiger partial charge in [-0.2, -0.15) is 5.10 Å². The van der Waals surface area contributed by atoms with Crippen LogP contribution in [0.3, 0.4) is 0 Å². The molecule has 2 N–H and O–H groups in total. The molecule has 0 atom stereocenters. The number of nitrogens with two attached hydrogens (primary N) is 1. The molecule has 0 fully saturated rings. The lowest BCUT2D eigenvalue weighted by Gasteiger charge is -2.08. The summed E-state index contributed by atoms with van der Waals surface area (Å²) in [6, 6.07) is 23.6. The Balaban J connectivity index is 1.89. The van der Waals surface area contributed by atoms with Crippen LogP contribution in [0.25, 0.3) is 28.2 Å². The zero-order valence-corrected chi connectivity index (χ0v) is 17.2. The van der Waals surface area contributed by atoms with E-state index in [-0.39, 0.29) is 4.90 Å². The van der Waals surface area contributed by atoms with Gasteiger partial charge in [-0.15, -0.1) is 0 Å². The monoisotopic (exact) mass is 423 g/mol. The fraction of sp³-hybridized carbons (Fsp3) is 0.0455. The smallest absolute Gasteiger partial charge is 0.175 e. The lowest BCUT2D eigenvalue weighted by atomic mass is 10.1. The highest BCUT2D eigenvalue weighted by Crippen LogP contribution is 2.32. The molecule has 0 radical (unpaired) electrons. The van der Waals surface area contributed by atoms with E-state index < -0.39 is 9.84 Å². The van der Waals surface area contributed by atoms with Crippen LogP contribution in [0.4, 0.5) is 5.69 Å². The van der Waals surface area contributed by atoms with E-state index in [1.807, 2.05) is 54.6 Å². The summed E-state index contributed by atoms with van der Waals surface area (Å²) in [6.45, 7) is 0. The minimum Gasteiger partial charge on any atom is -0.398 e. The lowest BCUT2D eigenvalue weighted by molar-refractivity contribution is 0.602. The van der Waals surface area contributed by atoms with E-state index in [4.69, 9.17) is 22.4 Å². The van der Waals surface area contributed by atoms with E-state index in [2.05, 4.69) is 0 Å². The van der Waals surface area contributed by atoms with Crippen molar-refractivity contribution in [2.24, 2.45) is 0 Å². The van der Waals surface area contributed by atoms with Crippen molar-refractivity contribution in [1.29, 1.82) is 0 Å². The van der Waals surface area contributed by atoms with E-state index in [1.54, 1.807) is 28.9 Å². The summed E-state index contributed by atoms with van der Waals surface area (Å²) >= 11 is 6.04. The number of halogens is 1. The van der Waals surface area contributed by atoms with Crippen LogP contribution in [0.15, 0.2) is 83.8 Å². The van der Waals surface area contributed by atoms with Crippen LogP contribution in [0, 0.1) is 0 Å². The first-order chi connectivity index (χ1) is 13.8. The van der Waals surface area contributed by atoms with Gasteiger partial charge in [0.05, 0.1) is 22.0 Å². The standard InChI is InChI=1S/C22H18ClN3O2S/c1-29(27,28)18-12-10-17(11-13-18)26-22(15-6-8-16(23)9-7-15)14-21(25-26)19-4-2-3-5-20(19)24/h2-14H,24H2,1H3. The molecule has 3 aromatic carbocycles. The van der Waals surface area contributed by atoms with Crippen molar-refractivity contribution in [1.82, 2.24) is 9.78 Å². The molecule has 0 aliphatic carbocycles. The highest BCUT2D eigenvalue weighted by Gasteiger charge is 2.15. The van der Waals surface area contributed by atoms with Gasteiger partial charge >= 0.3 is 0 Å². The number of rotatable bonds is 4. The van der Waals surface area contributed by atoms with Gasteiger partial charge in [-0.1, -0.05) is 41.9 Å². The Hall–Kier alpha value is -3.09. The van der Waals surface area contributed by atoms with Crippen LogP contribution in [-0.4, -0.2) is 24.5 Å². The number of nitrogens with zero attached hydrogens (tertiary/aromatic N) is 2. The van der Waals surface area contributed by atoms with E-state index in [1.165, 1.54) is 6.26 Å². The second kappa shape index (κ2) is 7.39. The van der Waals surface area contributed by atoms with Gasteiger partial charge in [0, 0.05) is 28.1 Å². The molecule has 0 aliphatic rings. The van der Waals surface area contributed by atoms with Crippen molar-refractivity contribution in [3.63, 3.8) is 0 Å². The molecule has 4 rings (SSSR count). The molecule has 0 bridgehead atoms. The summed E-state index contributed by atoms with van der Waals surface area (Å²) in [7, 11) is -3.27. The summed E-state index contributed by atoms with van der Waals surface area (Å²) in [5.41, 5.74) is 10.8. The molecule has 7 heteroatoms. The number of anilines is 1. The minimum atomic E-state index is -3.27. The molecule has 29 heavy (non-hydrogen) atoms. The molecule has 0 aliphatic heterocycles. The summed E-state index contributed by atoms with van der Waals surface area (Å²) in [5.74, 6) is 0. The number of nitrogen functional groups attached to an aromatic ring is 1. The van der Waals surface area contributed by atoms with Gasteiger partial charge in [0.25, 0.3) is 0 Å². The molecule has 0 spiro atoms. The Labute approximate surface area is 174 Å². The SMILES string of the molecule is CS(=O)(=O)c1ccc(-n2nc(-c3ccccc3N)cc2-c2ccc(Cl)cc2)cc1. The first-order valence-electron chi connectivity index (χ1n) is 8.84. The van der Waals surface area contributed by atoms with E-state index >= 15 is 0 Å². The number of sulfone groups is 1. The first kappa shape index (κ1) is 19.2. The zero-order valence-electron chi connectivity index (χ0n) is 15.6. The fourth-order valence-corrected chi connectivity index (χ4v) is 3.86. The van der Waals surface area contributed by atoms with Crippen molar-refractivity contribution >= 4 is 27.1 Å². The third kappa shape index (κ3) is 3.90. The van der Waals surface area contributed by atoms with Crippen LogP contribution in [0.2, 0.25) is 5.02 Å². The maximum atomic E-state index is 11.8. The Kier molecular flexibility index (Phi) is 4.90. The highest BCUT2D eigenvalue weighted by atomic mass is 35.5. The number of para-hydroxylation sites is 1. The molecule has 0 saturated carbocycles. The molecule has 4 aromatic rings. The van der Waals surface area contributed by atoms with Crippen molar-refractivity contribution in [3.05, 3.63) is 83.9 Å². The van der Waals surface area contributed by atoms with Gasteiger partial charge in [-0.25, -0.2) is 13.1 Å². The number of benzene rings is 3. The second-order valence-corrected chi connectivity index (χ2v) is 9.14. The van der Waals surface area contributed by atoms with Crippen LogP contribution in [0.1, 0.15) is 0 Å². The summed E-state index contributed by atoms with van der Waals surface area (Å²) < 4.78 is 25.3. The normalized spacial score (nSPS) is 11.5. The Morgan fingerprint density at radius 3 is 2.21 bits per heavy atom. The van der Waals surface area contributed by atoms with Gasteiger partial charge in [0.15, 0.2) is 9.84 Å². The van der Waals surface area contributed by atoms with Crippen molar-refractivity contribution in [3.8, 4) is 28.2 Å². The minimum absolute atomic E-state index is 0.258. The average molecular weight is 424 g/mol. The maximum Gasteiger partial charge on any atom is 0.175 e. The molecule has 0 unspecified atom stereocenters. The zero-order chi connectivity index (χ0) is 20.6. The van der Waals surface area contributed by atoms with Gasteiger partial charge in [-0.3, -0.25) is 0 Å². The second-order valence-electron chi connectivity index (χ2n) is 6.69. The van der Waals surface area contributed by atoms with Crippen molar-refractivity contribution in [2.45, 2.75) is 4.90 Å². The molecule has 0 saturated heterocycles. The fourth-order valence-electron chi connectivity index (χ4n) is 3.10. The Morgan fingerprint density at radius 2 is 1.59 bits per heavy atom. The first-order valence-corrected chi connectivity index (χ1v) is 11.1. The predicted molar refractivity (Wildman–Crippen MR) is 117 cm³/mol. The van der Waals surface area contributed by atoms with Crippen molar-refractivity contribution < 1.29 is 8.42 Å². The largest absolute Gasteiger partial charge is 0.398 e. The van der Waals surface area contributed by atoms with E-state index in [0.29, 0.717) is 10.7 Å². The molecular formula is C22H18ClN3O2S. The van der Waals surface area contributed by atoms with Gasteiger partial charge in [0.1, 0.15) is 0 Å². The molecule has 146 valence electrons. The van der Waals surface area contributed by atoms with Gasteiger partial charge in [-0.05, 0) is 48.5 Å². The third-order valence-electron chi connectivity index (χ3n) is 4.60. The van der Waals surface area contributed by atoms with E-state index in [0.717, 1.165) is 28.2 Å². The molecular weight excluding hydrogens is 406 g/mol. The average Bonchev–Trinajstić information content (AvgIpc) is 3.13. The highest BCUT2D eigenvalue weighted by molar-refractivity contribution is 7.90. The molecule has 1 aromatic heterocycles. The summed E-state index contributed by atoms with van der Waals surface area (Å²) in [4.78, 5) is 0.258. The van der Waals surface area contributed by atoms with Gasteiger partial charge in [0.2, 0.25) is 0 Å². The van der Waals surface area contributed by atoms with Crippen LogP contribution in [-0.2, 0) is 9.84 Å². The van der Waals surface area contributed by atoms with E-state index in [9.17, 15) is 8.42 Å². The maximum absolute atomic E-state index is 11.8. The van der Waals surface area contributed by atoms with Crippen LogP contribution < -0.4 is 5.73 Å². The van der Waals surface area contributed by atoms with Crippen molar-refractivity contribution in [2.75, 3.05) is 12.0 Å². The number of hydrogen-bond donors (Lipinski definition) is 1. The number of aromatic nitrogens is 2.